The van der Waals surface area contributed by atoms with Gasteiger partial charge in [0.05, 0.1) is 23.5 Å². The van der Waals surface area contributed by atoms with Crippen molar-refractivity contribution in [2.75, 3.05) is 6.54 Å². The van der Waals surface area contributed by atoms with Crippen LogP contribution in [0.4, 0.5) is 4.39 Å². The fourth-order valence-corrected chi connectivity index (χ4v) is 4.30. The molecule has 0 saturated carbocycles. The van der Waals surface area contributed by atoms with E-state index in [9.17, 15) is 9.18 Å². The number of likely N-dealkylation sites (tertiary alicyclic amines) is 1. The predicted molar refractivity (Wildman–Crippen MR) is 95.6 cm³/mol. The van der Waals surface area contributed by atoms with Crippen LogP contribution in [-0.2, 0) is 0 Å². The van der Waals surface area contributed by atoms with Crippen LogP contribution in [0.2, 0.25) is 0 Å². The van der Waals surface area contributed by atoms with E-state index in [4.69, 9.17) is 0 Å². The van der Waals surface area contributed by atoms with Crippen molar-refractivity contribution in [2.45, 2.75) is 25.8 Å². The molecule has 3 aromatic rings. The Labute approximate surface area is 149 Å². The third-order valence-electron chi connectivity index (χ3n) is 4.71. The lowest BCUT2D eigenvalue weighted by Crippen LogP contribution is -2.30. The predicted octanol–water partition coefficient (Wildman–Crippen LogP) is 4.36. The van der Waals surface area contributed by atoms with Crippen molar-refractivity contribution in [1.29, 1.82) is 0 Å². The van der Waals surface area contributed by atoms with Crippen molar-refractivity contribution < 1.29 is 9.18 Å². The Morgan fingerprint density at radius 2 is 2.12 bits per heavy atom. The second-order valence-corrected chi connectivity index (χ2v) is 7.16. The summed E-state index contributed by atoms with van der Waals surface area (Å²) in [6.45, 7) is 2.55. The first-order valence-electron chi connectivity index (χ1n) is 8.30. The molecule has 0 N–H and O–H groups in total. The van der Waals surface area contributed by atoms with Gasteiger partial charge in [-0.15, -0.1) is 11.3 Å². The summed E-state index contributed by atoms with van der Waals surface area (Å²) in [6.07, 6.45) is 3.52. The minimum atomic E-state index is -0.356. The van der Waals surface area contributed by atoms with Gasteiger partial charge >= 0.3 is 0 Å². The lowest BCUT2D eigenvalue weighted by molar-refractivity contribution is 0.0737. The van der Waals surface area contributed by atoms with Crippen molar-refractivity contribution in [3.8, 4) is 5.69 Å². The van der Waals surface area contributed by atoms with Crippen LogP contribution in [0.3, 0.4) is 0 Å². The van der Waals surface area contributed by atoms with Gasteiger partial charge in [-0.3, -0.25) is 4.79 Å². The van der Waals surface area contributed by atoms with E-state index in [1.54, 1.807) is 35.7 Å². The van der Waals surface area contributed by atoms with Gasteiger partial charge in [0.2, 0.25) is 0 Å². The molecule has 0 bridgehead atoms. The number of rotatable bonds is 3. The molecule has 1 unspecified atom stereocenters. The van der Waals surface area contributed by atoms with E-state index in [2.05, 4.69) is 11.2 Å². The molecule has 1 amide bonds. The van der Waals surface area contributed by atoms with E-state index >= 15 is 0 Å². The summed E-state index contributed by atoms with van der Waals surface area (Å²) in [7, 11) is 0. The Morgan fingerprint density at radius 3 is 2.88 bits per heavy atom. The van der Waals surface area contributed by atoms with Crippen molar-refractivity contribution in [3.63, 3.8) is 0 Å². The van der Waals surface area contributed by atoms with Crippen molar-refractivity contribution in [1.82, 2.24) is 14.7 Å². The van der Waals surface area contributed by atoms with E-state index in [-0.39, 0.29) is 17.8 Å². The first-order chi connectivity index (χ1) is 12.2. The fraction of sp³-hybridized carbons (Fsp3) is 0.263. The van der Waals surface area contributed by atoms with Crippen molar-refractivity contribution in [2.24, 2.45) is 0 Å². The molecule has 128 valence electrons. The molecule has 1 aromatic carbocycles. The molecule has 1 atom stereocenters. The Hall–Kier alpha value is -2.47. The molecule has 0 spiro atoms. The molecule has 1 fully saturated rings. The Morgan fingerprint density at radius 1 is 1.28 bits per heavy atom. The minimum Gasteiger partial charge on any atom is -0.331 e. The van der Waals surface area contributed by atoms with Gasteiger partial charge < -0.3 is 4.90 Å². The maximum atomic E-state index is 14.1. The molecule has 1 saturated heterocycles. The zero-order chi connectivity index (χ0) is 17.4. The number of halogens is 1. The number of hydrogen-bond donors (Lipinski definition) is 0. The molecule has 25 heavy (non-hydrogen) atoms. The van der Waals surface area contributed by atoms with Crippen LogP contribution in [0.15, 0.2) is 48.0 Å². The standard InChI is InChI=1S/C19H18FN3OS/c1-13-14(12-21-23(13)16-7-3-2-6-15(16)20)19(24)22-10-4-8-17(22)18-9-5-11-25-18/h2-3,5-7,9,11-12,17H,4,8,10H2,1H3. The number of benzene rings is 1. The SMILES string of the molecule is Cc1c(C(=O)N2CCCC2c2cccs2)cnn1-c1ccccc1F. The van der Waals surface area contributed by atoms with Gasteiger partial charge in [-0.25, -0.2) is 9.07 Å². The Kier molecular flexibility index (Phi) is 4.13. The summed E-state index contributed by atoms with van der Waals surface area (Å²) in [5.41, 5.74) is 1.55. The second kappa shape index (κ2) is 6.44. The zero-order valence-electron chi connectivity index (χ0n) is 13.9. The van der Waals surface area contributed by atoms with Crippen LogP contribution in [-0.4, -0.2) is 27.1 Å². The number of carbonyl (C=O) groups excluding carboxylic acids is 1. The van der Waals surface area contributed by atoms with Gasteiger partial charge in [0.15, 0.2) is 0 Å². The van der Waals surface area contributed by atoms with Crippen molar-refractivity contribution >= 4 is 17.2 Å². The Balaban J connectivity index is 1.66. The van der Waals surface area contributed by atoms with Crippen LogP contribution < -0.4 is 0 Å². The molecule has 1 aliphatic rings. The summed E-state index contributed by atoms with van der Waals surface area (Å²) in [4.78, 5) is 16.2. The number of nitrogens with zero attached hydrogens (tertiary/aromatic N) is 3. The highest BCUT2D eigenvalue weighted by Crippen LogP contribution is 2.35. The molecule has 2 aromatic heterocycles. The minimum absolute atomic E-state index is 0.0315. The highest BCUT2D eigenvalue weighted by molar-refractivity contribution is 7.10. The van der Waals surface area contributed by atoms with Crippen LogP contribution in [0, 0.1) is 12.7 Å². The van der Waals surface area contributed by atoms with E-state index in [1.165, 1.54) is 15.6 Å². The number of para-hydroxylation sites is 1. The van der Waals surface area contributed by atoms with E-state index < -0.39 is 0 Å². The number of aromatic nitrogens is 2. The summed E-state index contributed by atoms with van der Waals surface area (Å²) < 4.78 is 15.6. The maximum Gasteiger partial charge on any atom is 0.257 e. The van der Waals surface area contributed by atoms with E-state index in [0.29, 0.717) is 16.9 Å². The van der Waals surface area contributed by atoms with Gasteiger partial charge in [-0.05, 0) is 43.3 Å². The van der Waals surface area contributed by atoms with Crippen molar-refractivity contribution in [3.05, 3.63) is 69.9 Å². The van der Waals surface area contributed by atoms with Crippen LogP contribution in [0.1, 0.15) is 39.8 Å². The number of carbonyl (C=O) groups is 1. The third-order valence-corrected chi connectivity index (χ3v) is 5.68. The van der Waals surface area contributed by atoms with Gasteiger partial charge in [0.25, 0.3) is 5.91 Å². The van der Waals surface area contributed by atoms with E-state index in [1.807, 2.05) is 23.3 Å². The summed E-state index contributed by atoms with van der Waals surface area (Å²) >= 11 is 1.68. The number of thiophene rings is 1. The average Bonchev–Trinajstić information content (AvgIpc) is 3.35. The first kappa shape index (κ1) is 16.0. The largest absolute Gasteiger partial charge is 0.331 e. The monoisotopic (exact) mass is 355 g/mol. The summed E-state index contributed by atoms with van der Waals surface area (Å²) in [5.74, 6) is -0.388. The smallest absolute Gasteiger partial charge is 0.257 e. The first-order valence-corrected chi connectivity index (χ1v) is 9.18. The van der Waals surface area contributed by atoms with Crippen LogP contribution in [0.5, 0.6) is 0 Å². The third kappa shape index (κ3) is 2.76. The highest BCUT2D eigenvalue weighted by Gasteiger charge is 2.32. The van der Waals surface area contributed by atoms with Gasteiger partial charge in [0, 0.05) is 11.4 Å². The molecule has 3 heterocycles. The number of amides is 1. The normalized spacial score (nSPS) is 17.2. The molecule has 0 radical (unpaired) electrons. The lowest BCUT2D eigenvalue weighted by Gasteiger charge is -2.23. The van der Waals surface area contributed by atoms with Gasteiger partial charge in [-0.2, -0.15) is 5.10 Å². The second-order valence-electron chi connectivity index (χ2n) is 6.18. The summed E-state index contributed by atoms with van der Waals surface area (Å²) in [5, 5.41) is 6.30. The maximum absolute atomic E-state index is 14.1. The highest BCUT2D eigenvalue weighted by atomic mass is 32.1. The average molecular weight is 355 g/mol. The molecule has 0 aliphatic carbocycles. The quantitative estimate of drug-likeness (QED) is 0.700. The number of hydrogen-bond acceptors (Lipinski definition) is 3. The Bertz CT molecular complexity index is 903. The summed E-state index contributed by atoms with van der Waals surface area (Å²) in [6, 6.07) is 10.7. The van der Waals surface area contributed by atoms with Crippen LogP contribution in [0.25, 0.3) is 5.69 Å². The molecular formula is C19H18FN3OS. The molecule has 1 aliphatic heterocycles. The zero-order valence-corrected chi connectivity index (χ0v) is 14.7. The van der Waals surface area contributed by atoms with Gasteiger partial charge in [-0.1, -0.05) is 18.2 Å². The van der Waals surface area contributed by atoms with E-state index in [0.717, 1.165) is 19.4 Å². The van der Waals surface area contributed by atoms with Crippen LogP contribution >= 0.6 is 11.3 Å². The topological polar surface area (TPSA) is 38.1 Å². The molecular weight excluding hydrogens is 337 g/mol. The molecule has 4 rings (SSSR count). The molecule has 4 nitrogen and oxygen atoms in total. The van der Waals surface area contributed by atoms with Gasteiger partial charge in [0.1, 0.15) is 11.5 Å². The molecule has 6 heteroatoms. The lowest BCUT2D eigenvalue weighted by atomic mass is 10.1. The fourth-order valence-electron chi connectivity index (χ4n) is 3.43.